The average molecular weight is 295 g/mol. The molecule has 3 aliphatic rings. The number of piperidine rings is 1. The highest BCUT2D eigenvalue weighted by Gasteiger charge is 2.37. The van der Waals surface area contributed by atoms with E-state index in [1.165, 1.54) is 25.7 Å². The summed E-state index contributed by atoms with van der Waals surface area (Å²) in [6.07, 6.45) is 7.00. The van der Waals surface area contributed by atoms with Crippen LogP contribution in [0, 0.1) is 0 Å². The molecule has 3 rings (SSSR count). The molecule has 3 fully saturated rings. The lowest BCUT2D eigenvalue weighted by Gasteiger charge is -2.44. The molecular formula is C16H29N3O2. The van der Waals surface area contributed by atoms with Crippen LogP contribution in [0.3, 0.4) is 0 Å². The van der Waals surface area contributed by atoms with Crippen LogP contribution in [0.5, 0.6) is 0 Å². The molecule has 0 radical (unpaired) electrons. The molecule has 1 spiro atoms. The normalized spacial score (nSPS) is 27.5. The van der Waals surface area contributed by atoms with Crippen LogP contribution >= 0.6 is 0 Å². The Morgan fingerprint density at radius 1 is 1.05 bits per heavy atom. The van der Waals surface area contributed by atoms with Crippen LogP contribution in [0.4, 0.5) is 0 Å². The third-order valence-corrected chi connectivity index (χ3v) is 5.22. The Morgan fingerprint density at radius 3 is 2.38 bits per heavy atom. The Labute approximate surface area is 128 Å². The van der Waals surface area contributed by atoms with Crippen molar-refractivity contribution in [3.63, 3.8) is 0 Å². The lowest BCUT2D eigenvalue weighted by atomic mass is 9.90. The fraction of sp³-hybridized carbons (Fsp3) is 0.938. The van der Waals surface area contributed by atoms with Crippen LogP contribution in [-0.4, -0.2) is 73.7 Å². The number of ether oxygens (including phenoxy) is 1. The number of rotatable bonds is 2. The Hall–Kier alpha value is -0.650. The number of hydrogen-bond acceptors (Lipinski definition) is 4. The molecule has 1 N–H and O–H groups in total. The van der Waals surface area contributed by atoms with E-state index in [1.807, 2.05) is 0 Å². The minimum atomic E-state index is 0.0421. The number of morpholine rings is 1. The number of amides is 1. The molecule has 0 aromatic rings. The number of carbonyl (C=O) groups excluding carboxylic acids is 1. The molecule has 120 valence electrons. The molecule has 21 heavy (non-hydrogen) atoms. The number of nitrogens with one attached hydrogen (secondary N) is 1. The predicted molar refractivity (Wildman–Crippen MR) is 82.3 cm³/mol. The number of likely N-dealkylation sites (tertiary alicyclic amines) is 2. The minimum Gasteiger partial charge on any atom is -0.372 e. The van der Waals surface area contributed by atoms with E-state index in [0.717, 1.165) is 58.7 Å². The first-order valence-corrected chi connectivity index (χ1v) is 8.62. The highest BCUT2D eigenvalue weighted by Crippen LogP contribution is 2.27. The fourth-order valence-corrected chi connectivity index (χ4v) is 3.76. The topological polar surface area (TPSA) is 44.8 Å². The molecule has 5 heteroatoms. The van der Waals surface area contributed by atoms with Gasteiger partial charge >= 0.3 is 0 Å². The zero-order valence-corrected chi connectivity index (χ0v) is 13.1. The van der Waals surface area contributed by atoms with Crippen LogP contribution in [0.25, 0.3) is 0 Å². The molecule has 0 unspecified atom stereocenters. The summed E-state index contributed by atoms with van der Waals surface area (Å²) in [5.74, 6) is 0.329. The summed E-state index contributed by atoms with van der Waals surface area (Å²) >= 11 is 0. The Bertz CT molecular complexity index is 337. The maximum atomic E-state index is 12.4. The molecule has 0 aromatic heterocycles. The van der Waals surface area contributed by atoms with Gasteiger partial charge in [0, 0.05) is 39.3 Å². The Balaban J connectivity index is 1.45. The standard InChI is InChI=1S/C16H29N3O2/c20-15(19-8-3-1-2-4-9-19)13-18-10-5-16(6-11-18)14-17-7-12-21-16/h17H,1-14H2. The monoisotopic (exact) mass is 295 g/mol. The van der Waals surface area contributed by atoms with Crippen molar-refractivity contribution in [3.8, 4) is 0 Å². The molecule has 1 amide bonds. The first-order valence-electron chi connectivity index (χ1n) is 8.62. The molecule has 0 bridgehead atoms. The van der Waals surface area contributed by atoms with Gasteiger partial charge in [0.1, 0.15) is 0 Å². The van der Waals surface area contributed by atoms with Crippen molar-refractivity contribution in [2.75, 3.05) is 52.4 Å². The number of carbonyl (C=O) groups is 1. The van der Waals surface area contributed by atoms with Crippen molar-refractivity contribution < 1.29 is 9.53 Å². The zero-order chi connectivity index (χ0) is 14.5. The van der Waals surface area contributed by atoms with Gasteiger partial charge in [-0.25, -0.2) is 0 Å². The summed E-state index contributed by atoms with van der Waals surface area (Å²) in [7, 11) is 0. The SMILES string of the molecule is O=C(CN1CCC2(CC1)CNCCO2)N1CCCCCC1. The number of nitrogens with zero attached hydrogens (tertiary/aromatic N) is 2. The van der Waals surface area contributed by atoms with Crippen molar-refractivity contribution in [1.82, 2.24) is 15.1 Å². The van der Waals surface area contributed by atoms with Gasteiger partial charge in [-0.05, 0) is 25.7 Å². The van der Waals surface area contributed by atoms with E-state index in [2.05, 4.69) is 15.1 Å². The Kier molecular flexibility index (Phi) is 5.14. The average Bonchev–Trinajstić information content (AvgIpc) is 2.80. The van der Waals surface area contributed by atoms with Gasteiger partial charge in [0.25, 0.3) is 0 Å². The molecule has 0 aliphatic carbocycles. The van der Waals surface area contributed by atoms with Gasteiger partial charge in [0.05, 0.1) is 18.8 Å². The van der Waals surface area contributed by atoms with E-state index in [9.17, 15) is 4.79 Å². The highest BCUT2D eigenvalue weighted by molar-refractivity contribution is 5.78. The lowest BCUT2D eigenvalue weighted by molar-refractivity contribution is -0.135. The van der Waals surface area contributed by atoms with Crippen molar-refractivity contribution >= 4 is 5.91 Å². The Morgan fingerprint density at radius 2 is 1.76 bits per heavy atom. The van der Waals surface area contributed by atoms with Crippen LogP contribution in [0.15, 0.2) is 0 Å². The van der Waals surface area contributed by atoms with Crippen molar-refractivity contribution in [2.24, 2.45) is 0 Å². The quantitative estimate of drug-likeness (QED) is 0.820. The number of hydrogen-bond donors (Lipinski definition) is 1. The molecule has 3 saturated heterocycles. The van der Waals surface area contributed by atoms with Crippen LogP contribution < -0.4 is 5.32 Å². The zero-order valence-electron chi connectivity index (χ0n) is 13.1. The maximum Gasteiger partial charge on any atom is 0.236 e. The van der Waals surface area contributed by atoms with Gasteiger partial charge in [0.2, 0.25) is 5.91 Å². The second kappa shape index (κ2) is 7.07. The van der Waals surface area contributed by atoms with Crippen LogP contribution in [0.2, 0.25) is 0 Å². The van der Waals surface area contributed by atoms with Crippen LogP contribution in [-0.2, 0) is 9.53 Å². The van der Waals surface area contributed by atoms with Gasteiger partial charge in [-0.15, -0.1) is 0 Å². The first-order chi connectivity index (χ1) is 10.3. The molecular weight excluding hydrogens is 266 g/mol. The summed E-state index contributed by atoms with van der Waals surface area (Å²) < 4.78 is 6.01. The molecule has 3 heterocycles. The fourth-order valence-electron chi connectivity index (χ4n) is 3.76. The van der Waals surface area contributed by atoms with E-state index in [1.54, 1.807) is 0 Å². The molecule has 3 aliphatic heterocycles. The maximum absolute atomic E-state index is 12.4. The summed E-state index contributed by atoms with van der Waals surface area (Å²) in [5, 5.41) is 3.44. The third kappa shape index (κ3) is 3.96. The van der Waals surface area contributed by atoms with E-state index >= 15 is 0 Å². The van der Waals surface area contributed by atoms with Gasteiger partial charge in [0.15, 0.2) is 0 Å². The van der Waals surface area contributed by atoms with Gasteiger partial charge in [-0.2, -0.15) is 0 Å². The second-order valence-corrected chi connectivity index (χ2v) is 6.78. The summed E-state index contributed by atoms with van der Waals surface area (Å²) in [4.78, 5) is 16.8. The van der Waals surface area contributed by atoms with Crippen molar-refractivity contribution in [2.45, 2.75) is 44.1 Å². The van der Waals surface area contributed by atoms with Crippen molar-refractivity contribution in [3.05, 3.63) is 0 Å². The lowest BCUT2D eigenvalue weighted by Crippen LogP contribution is -2.56. The van der Waals surface area contributed by atoms with Crippen molar-refractivity contribution in [1.29, 1.82) is 0 Å². The summed E-state index contributed by atoms with van der Waals surface area (Å²) in [5.41, 5.74) is 0.0421. The summed E-state index contributed by atoms with van der Waals surface area (Å²) in [6, 6.07) is 0. The van der Waals surface area contributed by atoms with Gasteiger partial charge in [-0.3, -0.25) is 9.69 Å². The van der Waals surface area contributed by atoms with E-state index in [0.29, 0.717) is 12.5 Å². The van der Waals surface area contributed by atoms with Gasteiger partial charge < -0.3 is 15.0 Å². The molecule has 0 atom stereocenters. The van der Waals surface area contributed by atoms with E-state index < -0.39 is 0 Å². The third-order valence-electron chi connectivity index (χ3n) is 5.22. The van der Waals surface area contributed by atoms with Crippen LogP contribution in [0.1, 0.15) is 38.5 Å². The predicted octanol–water partition coefficient (Wildman–Crippen LogP) is 0.843. The van der Waals surface area contributed by atoms with E-state index in [4.69, 9.17) is 4.74 Å². The molecule has 0 saturated carbocycles. The second-order valence-electron chi connectivity index (χ2n) is 6.78. The molecule has 0 aromatic carbocycles. The largest absolute Gasteiger partial charge is 0.372 e. The van der Waals surface area contributed by atoms with E-state index in [-0.39, 0.29) is 5.60 Å². The molecule has 5 nitrogen and oxygen atoms in total. The first kappa shape index (κ1) is 15.3. The smallest absolute Gasteiger partial charge is 0.236 e. The van der Waals surface area contributed by atoms with Gasteiger partial charge in [-0.1, -0.05) is 12.8 Å². The summed E-state index contributed by atoms with van der Waals surface area (Å²) in [6.45, 7) is 7.27. The highest BCUT2D eigenvalue weighted by atomic mass is 16.5. The minimum absolute atomic E-state index is 0.0421.